The van der Waals surface area contributed by atoms with Gasteiger partial charge in [-0.2, -0.15) is 0 Å². The van der Waals surface area contributed by atoms with Gasteiger partial charge in [-0.25, -0.2) is 9.78 Å². The van der Waals surface area contributed by atoms with Crippen molar-refractivity contribution in [3.05, 3.63) is 42.0 Å². The van der Waals surface area contributed by atoms with Crippen molar-refractivity contribution in [2.45, 2.75) is 39.0 Å². The highest BCUT2D eigenvalue weighted by molar-refractivity contribution is 5.94. The maximum absolute atomic E-state index is 12.0. The molecule has 1 aliphatic rings. The van der Waals surface area contributed by atoms with Crippen molar-refractivity contribution in [2.24, 2.45) is 0 Å². The van der Waals surface area contributed by atoms with Gasteiger partial charge in [-0.3, -0.25) is 4.79 Å². The smallest absolute Gasteiger partial charge is 0.405 e. The quantitative estimate of drug-likeness (QED) is 0.787. The molecule has 1 aromatic heterocycles. The van der Waals surface area contributed by atoms with Crippen molar-refractivity contribution in [1.82, 2.24) is 14.9 Å². The molecule has 25 heavy (non-hydrogen) atoms. The summed E-state index contributed by atoms with van der Waals surface area (Å²) in [5.41, 5.74) is 2.77. The van der Waals surface area contributed by atoms with E-state index in [9.17, 15) is 9.59 Å². The standard InChI is InChI=1S/C17H20N4O4/c1-10-5-15(19-17(24)25)14-6-13(20-7-12(8-22)18-9-20)3-4-16(14)21(10)11(2)23/h3-4,6-7,9-10,15,19,22H,5,8H2,1-2H3,(H,24,25)/t10-,15+/m1/s1. The van der Waals surface area contributed by atoms with Crippen molar-refractivity contribution >= 4 is 17.7 Å². The van der Waals surface area contributed by atoms with Crippen molar-refractivity contribution < 1.29 is 19.8 Å². The van der Waals surface area contributed by atoms with Crippen molar-refractivity contribution in [3.63, 3.8) is 0 Å². The number of nitrogens with one attached hydrogen (secondary N) is 1. The first-order chi connectivity index (χ1) is 11.9. The fraction of sp³-hybridized carbons (Fsp3) is 0.353. The second kappa shape index (κ2) is 6.56. The Morgan fingerprint density at radius 2 is 2.16 bits per heavy atom. The van der Waals surface area contributed by atoms with Crippen LogP contribution in [0.2, 0.25) is 0 Å². The molecule has 2 amide bonds. The number of carbonyl (C=O) groups is 2. The fourth-order valence-electron chi connectivity index (χ4n) is 3.36. The van der Waals surface area contributed by atoms with Gasteiger partial charge in [0, 0.05) is 36.1 Å². The van der Waals surface area contributed by atoms with Crippen LogP contribution in [0, 0.1) is 0 Å². The maximum atomic E-state index is 12.0. The molecule has 1 aliphatic heterocycles. The molecule has 3 N–H and O–H groups in total. The van der Waals surface area contributed by atoms with Crippen LogP contribution < -0.4 is 10.2 Å². The lowest BCUT2D eigenvalue weighted by Gasteiger charge is -2.39. The van der Waals surface area contributed by atoms with Gasteiger partial charge in [0.1, 0.15) is 0 Å². The van der Waals surface area contributed by atoms with Crippen LogP contribution in [0.15, 0.2) is 30.7 Å². The minimum Gasteiger partial charge on any atom is -0.465 e. The maximum Gasteiger partial charge on any atom is 0.405 e. The molecular formula is C17H20N4O4. The van der Waals surface area contributed by atoms with E-state index in [-0.39, 0.29) is 18.6 Å². The van der Waals surface area contributed by atoms with E-state index in [1.807, 2.05) is 25.1 Å². The highest BCUT2D eigenvalue weighted by atomic mass is 16.4. The summed E-state index contributed by atoms with van der Waals surface area (Å²) >= 11 is 0. The van der Waals surface area contributed by atoms with Gasteiger partial charge in [-0.05, 0) is 31.5 Å². The predicted molar refractivity (Wildman–Crippen MR) is 90.6 cm³/mol. The minimum absolute atomic E-state index is 0.0829. The molecule has 0 bridgehead atoms. The Kier molecular flexibility index (Phi) is 4.45. The lowest BCUT2D eigenvalue weighted by molar-refractivity contribution is -0.117. The molecule has 8 heteroatoms. The number of benzene rings is 1. The monoisotopic (exact) mass is 344 g/mol. The number of hydrogen-bond donors (Lipinski definition) is 3. The Labute approximate surface area is 144 Å². The zero-order valence-electron chi connectivity index (χ0n) is 14.0. The molecule has 8 nitrogen and oxygen atoms in total. The molecule has 0 fully saturated rings. The largest absolute Gasteiger partial charge is 0.465 e. The molecule has 0 saturated carbocycles. The van der Waals surface area contributed by atoms with E-state index in [0.29, 0.717) is 17.8 Å². The number of anilines is 1. The van der Waals surface area contributed by atoms with Crippen LogP contribution in [0.25, 0.3) is 5.69 Å². The summed E-state index contributed by atoms with van der Waals surface area (Å²) < 4.78 is 1.75. The van der Waals surface area contributed by atoms with E-state index in [1.165, 1.54) is 6.92 Å². The molecule has 2 atom stereocenters. The van der Waals surface area contributed by atoms with Crippen molar-refractivity contribution in [1.29, 1.82) is 0 Å². The van der Waals surface area contributed by atoms with E-state index < -0.39 is 12.1 Å². The van der Waals surface area contributed by atoms with Crippen molar-refractivity contribution in [3.8, 4) is 5.69 Å². The first-order valence-corrected chi connectivity index (χ1v) is 7.98. The van der Waals surface area contributed by atoms with Gasteiger partial charge < -0.3 is 25.0 Å². The molecule has 132 valence electrons. The van der Waals surface area contributed by atoms with Crippen LogP contribution in [0.1, 0.15) is 37.6 Å². The zero-order valence-corrected chi connectivity index (χ0v) is 14.0. The fourth-order valence-corrected chi connectivity index (χ4v) is 3.36. The van der Waals surface area contributed by atoms with Gasteiger partial charge in [0.25, 0.3) is 0 Å². The summed E-state index contributed by atoms with van der Waals surface area (Å²) in [5.74, 6) is -0.0829. The van der Waals surface area contributed by atoms with Crippen LogP contribution in [0.4, 0.5) is 10.5 Å². The second-order valence-corrected chi connectivity index (χ2v) is 6.15. The van der Waals surface area contributed by atoms with Gasteiger partial charge in [-0.1, -0.05) is 0 Å². The molecule has 1 aromatic carbocycles. The Morgan fingerprint density at radius 3 is 2.76 bits per heavy atom. The number of carboxylic acid groups (broad SMARTS) is 1. The summed E-state index contributed by atoms with van der Waals surface area (Å²) in [6, 6.07) is 4.99. The van der Waals surface area contributed by atoms with Gasteiger partial charge in [0.15, 0.2) is 0 Å². The third-order valence-corrected chi connectivity index (χ3v) is 4.40. The number of fused-ring (bicyclic) bond motifs is 1. The van der Waals surface area contributed by atoms with Crippen molar-refractivity contribution in [2.75, 3.05) is 4.90 Å². The molecular weight excluding hydrogens is 324 g/mol. The highest BCUT2D eigenvalue weighted by Gasteiger charge is 2.33. The average molecular weight is 344 g/mol. The van der Waals surface area contributed by atoms with Gasteiger partial charge in [0.05, 0.1) is 24.7 Å². The summed E-state index contributed by atoms with van der Waals surface area (Å²) in [5, 5.41) is 20.8. The SMILES string of the molecule is CC(=O)N1c2ccc(-n3cnc(CO)c3)cc2[C@@H](NC(=O)O)C[C@H]1C. The van der Waals surface area contributed by atoms with E-state index >= 15 is 0 Å². The number of carbonyl (C=O) groups excluding carboxylic acids is 1. The molecule has 0 aliphatic carbocycles. The van der Waals surface area contributed by atoms with E-state index in [2.05, 4.69) is 10.3 Å². The average Bonchev–Trinajstić information content (AvgIpc) is 3.02. The summed E-state index contributed by atoms with van der Waals surface area (Å²) in [6.07, 6.45) is 2.68. The summed E-state index contributed by atoms with van der Waals surface area (Å²) in [6.45, 7) is 3.25. The van der Waals surface area contributed by atoms with Crippen LogP contribution in [-0.4, -0.2) is 37.8 Å². The Balaban J connectivity index is 2.08. The summed E-state index contributed by atoms with van der Waals surface area (Å²) in [4.78, 5) is 29.0. The Bertz CT molecular complexity index is 817. The lowest BCUT2D eigenvalue weighted by Crippen LogP contribution is -2.45. The molecule has 2 heterocycles. The predicted octanol–water partition coefficient (Wildman–Crippen LogP) is 1.82. The second-order valence-electron chi connectivity index (χ2n) is 6.15. The number of hydrogen-bond acceptors (Lipinski definition) is 4. The van der Waals surface area contributed by atoms with Gasteiger partial charge >= 0.3 is 6.09 Å². The lowest BCUT2D eigenvalue weighted by atomic mass is 9.91. The Morgan fingerprint density at radius 1 is 1.40 bits per heavy atom. The molecule has 0 unspecified atom stereocenters. The third-order valence-electron chi connectivity index (χ3n) is 4.40. The number of aromatic nitrogens is 2. The number of nitrogens with zero attached hydrogens (tertiary/aromatic N) is 3. The molecule has 0 spiro atoms. The molecule has 2 aromatic rings. The van der Waals surface area contributed by atoms with E-state index in [4.69, 9.17) is 10.2 Å². The first kappa shape index (κ1) is 17.0. The number of imidazole rings is 1. The number of rotatable bonds is 3. The van der Waals surface area contributed by atoms with Crippen LogP contribution in [0.3, 0.4) is 0 Å². The summed E-state index contributed by atoms with van der Waals surface area (Å²) in [7, 11) is 0. The molecule has 3 rings (SSSR count). The third kappa shape index (κ3) is 3.20. The van der Waals surface area contributed by atoms with Crippen LogP contribution >= 0.6 is 0 Å². The van der Waals surface area contributed by atoms with E-state index in [1.54, 1.807) is 22.0 Å². The van der Waals surface area contributed by atoms with Gasteiger partial charge in [0.2, 0.25) is 5.91 Å². The topological polar surface area (TPSA) is 108 Å². The molecule has 0 saturated heterocycles. The zero-order chi connectivity index (χ0) is 18.1. The number of amides is 2. The number of aliphatic hydroxyl groups is 1. The Hall–Kier alpha value is -2.87. The van der Waals surface area contributed by atoms with E-state index in [0.717, 1.165) is 11.3 Å². The molecule has 0 radical (unpaired) electrons. The van der Waals surface area contributed by atoms with Crippen LogP contribution in [-0.2, 0) is 11.4 Å². The van der Waals surface area contributed by atoms with Crippen LogP contribution in [0.5, 0.6) is 0 Å². The minimum atomic E-state index is -1.10. The van der Waals surface area contributed by atoms with Gasteiger partial charge in [-0.15, -0.1) is 0 Å². The highest BCUT2D eigenvalue weighted by Crippen LogP contribution is 2.38. The normalized spacial score (nSPS) is 19.4. The number of aliphatic hydroxyl groups excluding tert-OH is 1. The first-order valence-electron chi connectivity index (χ1n) is 7.98.